The normalized spacial score (nSPS) is 12.2. The molecule has 1 atom stereocenters. The second-order valence-corrected chi connectivity index (χ2v) is 8.37. The first-order valence-corrected chi connectivity index (χ1v) is 11.6. The maximum atomic E-state index is 12.9. The Bertz CT molecular complexity index is 1180. The third-order valence-corrected chi connectivity index (χ3v) is 5.92. The van der Waals surface area contributed by atoms with Crippen LogP contribution < -0.4 is 15.4 Å². The standard InChI is InChI=1S/C23H24F3N5O3S/c1-4-31-20(14(2)27-21(33)15-8-10-18(34-3)11-9-15)29-30-22(31)35-13-19(32)28-17-7-5-6-16(12-17)23(24,25)26/h5-12,14H,4,13H2,1-3H3,(H,27,33)(H,28,32)/t14-/m0/s1. The molecule has 0 saturated heterocycles. The van der Waals surface area contributed by atoms with E-state index in [1.165, 1.54) is 12.1 Å². The summed E-state index contributed by atoms with van der Waals surface area (Å²) in [5.74, 6) is 0.290. The molecule has 2 aromatic carbocycles. The van der Waals surface area contributed by atoms with E-state index in [1.807, 2.05) is 6.92 Å². The molecule has 0 aliphatic heterocycles. The summed E-state index contributed by atoms with van der Waals surface area (Å²) in [7, 11) is 1.54. The Morgan fingerprint density at radius 2 is 1.86 bits per heavy atom. The van der Waals surface area contributed by atoms with E-state index >= 15 is 0 Å². The van der Waals surface area contributed by atoms with Crippen LogP contribution in [0.1, 0.15) is 41.6 Å². The number of thioether (sulfide) groups is 1. The van der Waals surface area contributed by atoms with Crippen molar-refractivity contribution in [2.75, 3.05) is 18.2 Å². The highest BCUT2D eigenvalue weighted by molar-refractivity contribution is 7.99. The molecule has 186 valence electrons. The maximum absolute atomic E-state index is 12.9. The first-order valence-electron chi connectivity index (χ1n) is 10.6. The highest BCUT2D eigenvalue weighted by Crippen LogP contribution is 2.30. The van der Waals surface area contributed by atoms with Crippen LogP contribution in [0, 0.1) is 0 Å². The second-order valence-electron chi connectivity index (χ2n) is 7.42. The largest absolute Gasteiger partial charge is 0.497 e. The highest BCUT2D eigenvalue weighted by atomic mass is 32.2. The number of carbonyl (C=O) groups excluding carboxylic acids is 2. The SMILES string of the molecule is CCn1c(SCC(=O)Nc2cccc(C(F)(F)F)c2)nnc1[C@H](C)NC(=O)c1ccc(OC)cc1. The molecular formula is C23H24F3N5O3S. The third-order valence-electron chi connectivity index (χ3n) is 4.95. The van der Waals surface area contributed by atoms with Gasteiger partial charge in [0.15, 0.2) is 11.0 Å². The fourth-order valence-corrected chi connectivity index (χ4v) is 4.02. The van der Waals surface area contributed by atoms with Crippen LogP contribution in [0.3, 0.4) is 0 Å². The van der Waals surface area contributed by atoms with E-state index in [-0.39, 0.29) is 17.3 Å². The summed E-state index contributed by atoms with van der Waals surface area (Å²) in [6.07, 6.45) is -4.50. The van der Waals surface area contributed by atoms with Crippen LogP contribution >= 0.6 is 11.8 Å². The maximum Gasteiger partial charge on any atom is 0.416 e. The molecule has 0 spiro atoms. The molecule has 0 aliphatic carbocycles. The van der Waals surface area contributed by atoms with E-state index in [0.717, 1.165) is 23.9 Å². The first-order chi connectivity index (χ1) is 16.6. The van der Waals surface area contributed by atoms with Crippen molar-refractivity contribution in [1.82, 2.24) is 20.1 Å². The first kappa shape index (κ1) is 26.1. The second kappa shape index (κ2) is 11.3. The highest BCUT2D eigenvalue weighted by Gasteiger charge is 2.30. The zero-order chi connectivity index (χ0) is 25.6. The quantitative estimate of drug-likeness (QED) is 0.413. The number of carbonyl (C=O) groups is 2. The molecule has 1 aromatic heterocycles. The van der Waals surface area contributed by atoms with Crippen LogP contribution in [0.5, 0.6) is 5.75 Å². The van der Waals surface area contributed by atoms with Gasteiger partial charge in [-0.15, -0.1) is 10.2 Å². The van der Waals surface area contributed by atoms with E-state index in [2.05, 4.69) is 20.8 Å². The summed E-state index contributed by atoms with van der Waals surface area (Å²) in [5, 5.41) is 14.1. The number of nitrogens with zero attached hydrogens (tertiary/aromatic N) is 3. The molecule has 12 heteroatoms. The van der Waals surface area contributed by atoms with Gasteiger partial charge in [0.05, 0.1) is 24.5 Å². The van der Waals surface area contributed by atoms with Gasteiger partial charge in [-0.1, -0.05) is 17.8 Å². The predicted octanol–water partition coefficient (Wildman–Crippen LogP) is 4.55. The van der Waals surface area contributed by atoms with E-state index in [9.17, 15) is 22.8 Å². The molecule has 0 fully saturated rings. The number of alkyl halides is 3. The van der Waals surface area contributed by atoms with Crippen molar-refractivity contribution in [2.45, 2.75) is 37.8 Å². The van der Waals surface area contributed by atoms with Crippen molar-refractivity contribution in [2.24, 2.45) is 0 Å². The molecule has 8 nitrogen and oxygen atoms in total. The summed E-state index contributed by atoms with van der Waals surface area (Å²) in [6.45, 7) is 4.13. The molecule has 3 rings (SSSR count). The summed E-state index contributed by atoms with van der Waals surface area (Å²) >= 11 is 1.09. The lowest BCUT2D eigenvalue weighted by atomic mass is 10.2. The van der Waals surface area contributed by atoms with Crippen molar-refractivity contribution >= 4 is 29.3 Å². The summed E-state index contributed by atoms with van der Waals surface area (Å²) in [6, 6.07) is 10.6. The van der Waals surface area contributed by atoms with Crippen molar-refractivity contribution in [1.29, 1.82) is 0 Å². The molecule has 0 aliphatic rings. The van der Waals surface area contributed by atoms with Crippen molar-refractivity contribution < 1.29 is 27.5 Å². The average Bonchev–Trinajstić information content (AvgIpc) is 3.25. The number of anilines is 1. The molecule has 35 heavy (non-hydrogen) atoms. The number of hydrogen-bond acceptors (Lipinski definition) is 6. The number of ether oxygens (including phenoxy) is 1. The number of aromatic nitrogens is 3. The van der Waals surface area contributed by atoms with E-state index in [0.29, 0.717) is 28.8 Å². The number of amides is 2. The fourth-order valence-electron chi connectivity index (χ4n) is 3.21. The zero-order valence-electron chi connectivity index (χ0n) is 19.2. The zero-order valence-corrected chi connectivity index (χ0v) is 20.0. The summed E-state index contributed by atoms with van der Waals surface area (Å²) < 4.78 is 45.5. The molecule has 0 saturated carbocycles. The van der Waals surface area contributed by atoms with Crippen LogP contribution in [0.2, 0.25) is 0 Å². The lowest BCUT2D eigenvalue weighted by Crippen LogP contribution is -2.28. The minimum Gasteiger partial charge on any atom is -0.497 e. The number of halogens is 3. The van der Waals surface area contributed by atoms with Gasteiger partial charge in [0.1, 0.15) is 5.75 Å². The van der Waals surface area contributed by atoms with Gasteiger partial charge in [-0.2, -0.15) is 13.2 Å². The molecular weight excluding hydrogens is 483 g/mol. The van der Waals surface area contributed by atoms with Gasteiger partial charge in [-0.05, 0) is 56.3 Å². The molecule has 3 aromatic rings. The van der Waals surface area contributed by atoms with Crippen LogP contribution in [-0.4, -0.2) is 39.4 Å². The van der Waals surface area contributed by atoms with Gasteiger partial charge >= 0.3 is 6.18 Å². The number of hydrogen-bond donors (Lipinski definition) is 2. The molecule has 0 bridgehead atoms. The van der Waals surface area contributed by atoms with E-state index in [1.54, 1.807) is 42.9 Å². The van der Waals surface area contributed by atoms with Gasteiger partial charge in [0.25, 0.3) is 5.91 Å². The Morgan fingerprint density at radius 1 is 1.14 bits per heavy atom. The van der Waals surface area contributed by atoms with Gasteiger partial charge in [0.2, 0.25) is 5.91 Å². The van der Waals surface area contributed by atoms with Crippen LogP contribution in [0.25, 0.3) is 0 Å². The number of nitrogens with one attached hydrogen (secondary N) is 2. The smallest absolute Gasteiger partial charge is 0.416 e. The average molecular weight is 508 g/mol. The molecule has 2 amide bonds. The van der Waals surface area contributed by atoms with Crippen molar-refractivity contribution in [3.63, 3.8) is 0 Å². The molecule has 0 unspecified atom stereocenters. The number of methoxy groups -OCH3 is 1. The number of rotatable bonds is 9. The van der Waals surface area contributed by atoms with Crippen LogP contribution in [0.15, 0.2) is 53.7 Å². The molecule has 0 radical (unpaired) electrons. The lowest BCUT2D eigenvalue weighted by molar-refractivity contribution is -0.137. The van der Waals surface area contributed by atoms with Crippen LogP contribution in [-0.2, 0) is 17.5 Å². The third kappa shape index (κ3) is 6.75. The Kier molecular flexibility index (Phi) is 8.39. The van der Waals surface area contributed by atoms with E-state index < -0.39 is 23.7 Å². The van der Waals surface area contributed by atoms with Gasteiger partial charge < -0.3 is 19.9 Å². The van der Waals surface area contributed by atoms with Crippen molar-refractivity contribution in [3.05, 3.63) is 65.5 Å². The topological polar surface area (TPSA) is 98.1 Å². The summed E-state index contributed by atoms with van der Waals surface area (Å²) in [4.78, 5) is 24.9. The predicted molar refractivity (Wildman–Crippen MR) is 125 cm³/mol. The summed E-state index contributed by atoms with van der Waals surface area (Å²) in [5.41, 5.74) is -0.331. The van der Waals surface area contributed by atoms with Crippen molar-refractivity contribution in [3.8, 4) is 5.75 Å². The molecule has 2 N–H and O–H groups in total. The fraction of sp³-hybridized carbons (Fsp3) is 0.304. The molecule has 1 heterocycles. The number of benzene rings is 2. The van der Waals surface area contributed by atoms with Gasteiger partial charge in [-0.3, -0.25) is 9.59 Å². The minimum atomic E-state index is -4.50. The Hall–Kier alpha value is -3.54. The Morgan fingerprint density at radius 3 is 2.49 bits per heavy atom. The Balaban J connectivity index is 1.61. The Labute approximate surface area is 204 Å². The van der Waals surface area contributed by atoms with E-state index in [4.69, 9.17) is 4.74 Å². The van der Waals surface area contributed by atoms with Gasteiger partial charge in [-0.25, -0.2) is 0 Å². The van der Waals surface area contributed by atoms with Crippen LogP contribution in [0.4, 0.5) is 18.9 Å². The lowest BCUT2D eigenvalue weighted by Gasteiger charge is -2.15. The minimum absolute atomic E-state index is 0.0536. The monoisotopic (exact) mass is 507 g/mol. The van der Waals surface area contributed by atoms with Gasteiger partial charge in [0, 0.05) is 17.8 Å².